The van der Waals surface area contributed by atoms with Crippen LogP contribution in [0.3, 0.4) is 0 Å². The monoisotopic (exact) mass is 267 g/mol. The summed E-state index contributed by atoms with van der Waals surface area (Å²) in [7, 11) is 4.23. The van der Waals surface area contributed by atoms with Gasteiger partial charge in [0.05, 0.1) is 0 Å². The van der Waals surface area contributed by atoms with Gasteiger partial charge in [-0.15, -0.1) is 11.3 Å². The highest BCUT2D eigenvalue weighted by Crippen LogP contribution is 2.23. The van der Waals surface area contributed by atoms with Gasteiger partial charge in [-0.1, -0.05) is 0 Å². The summed E-state index contributed by atoms with van der Waals surface area (Å²) in [6.07, 6.45) is 0. The Labute approximate surface area is 115 Å². The quantitative estimate of drug-likeness (QED) is 0.900. The van der Waals surface area contributed by atoms with Crippen molar-refractivity contribution in [3.8, 4) is 0 Å². The molecule has 4 heteroatoms. The lowest BCUT2D eigenvalue weighted by Gasteiger charge is -2.45. The predicted molar refractivity (Wildman–Crippen MR) is 79.1 cm³/mol. The molecule has 0 bridgehead atoms. The smallest absolute Gasteiger partial charge is 0.0329 e. The van der Waals surface area contributed by atoms with Crippen molar-refractivity contribution in [2.45, 2.75) is 32.5 Å². The molecule has 0 unspecified atom stereocenters. The molecule has 0 aromatic carbocycles. The minimum atomic E-state index is 0.295. The average molecular weight is 267 g/mol. The molecule has 102 valence electrons. The van der Waals surface area contributed by atoms with E-state index >= 15 is 0 Å². The number of piperazine rings is 1. The SMILES string of the molecule is CNCc1ccc(CN2CCN(C)C(C)(C)C2)s1. The third kappa shape index (κ3) is 3.32. The number of likely N-dealkylation sites (N-methyl/N-ethyl adjacent to an activating group) is 1. The van der Waals surface area contributed by atoms with E-state index < -0.39 is 0 Å². The van der Waals surface area contributed by atoms with Crippen molar-refractivity contribution in [1.29, 1.82) is 0 Å². The maximum absolute atomic E-state index is 3.21. The van der Waals surface area contributed by atoms with Crippen LogP contribution in [0.5, 0.6) is 0 Å². The minimum absolute atomic E-state index is 0.295. The first-order chi connectivity index (χ1) is 8.51. The van der Waals surface area contributed by atoms with E-state index in [9.17, 15) is 0 Å². The maximum atomic E-state index is 3.21. The molecule has 0 radical (unpaired) electrons. The molecule has 2 rings (SSSR count). The fourth-order valence-electron chi connectivity index (χ4n) is 2.47. The first-order valence-electron chi connectivity index (χ1n) is 6.67. The van der Waals surface area contributed by atoms with Crippen LogP contribution in [0, 0.1) is 0 Å². The van der Waals surface area contributed by atoms with Gasteiger partial charge in [-0.25, -0.2) is 0 Å². The van der Waals surface area contributed by atoms with E-state index in [4.69, 9.17) is 0 Å². The van der Waals surface area contributed by atoms with Crippen LogP contribution in [0.4, 0.5) is 0 Å². The molecule has 1 aromatic rings. The van der Waals surface area contributed by atoms with Gasteiger partial charge in [-0.05, 0) is 40.1 Å². The van der Waals surface area contributed by atoms with Crippen molar-refractivity contribution >= 4 is 11.3 Å². The number of hydrogen-bond donors (Lipinski definition) is 1. The second-order valence-corrected chi connectivity index (χ2v) is 7.10. The highest BCUT2D eigenvalue weighted by atomic mass is 32.1. The van der Waals surface area contributed by atoms with Gasteiger partial charge in [0.25, 0.3) is 0 Å². The zero-order valence-electron chi connectivity index (χ0n) is 12.0. The fourth-order valence-corrected chi connectivity index (χ4v) is 3.55. The van der Waals surface area contributed by atoms with Gasteiger partial charge in [0.2, 0.25) is 0 Å². The Hall–Kier alpha value is -0.420. The first-order valence-corrected chi connectivity index (χ1v) is 7.49. The van der Waals surface area contributed by atoms with Crippen molar-refractivity contribution in [1.82, 2.24) is 15.1 Å². The minimum Gasteiger partial charge on any atom is -0.315 e. The van der Waals surface area contributed by atoms with E-state index in [2.05, 4.69) is 48.1 Å². The number of nitrogens with zero attached hydrogens (tertiary/aromatic N) is 2. The van der Waals surface area contributed by atoms with E-state index in [1.807, 2.05) is 18.4 Å². The van der Waals surface area contributed by atoms with Gasteiger partial charge in [-0.3, -0.25) is 9.80 Å². The van der Waals surface area contributed by atoms with Crippen LogP contribution in [-0.2, 0) is 13.1 Å². The number of thiophene rings is 1. The van der Waals surface area contributed by atoms with Crippen molar-refractivity contribution in [2.24, 2.45) is 0 Å². The second kappa shape index (κ2) is 5.70. The Balaban J connectivity index is 1.93. The fraction of sp³-hybridized carbons (Fsp3) is 0.714. The van der Waals surface area contributed by atoms with Gasteiger partial charge in [0.15, 0.2) is 0 Å². The zero-order valence-corrected chi connectivity index (χ0v) is 12.8. The Morgan fingerprint density at radius 3 is 2.67 bits per heavy atom. The molecule has 0 saturated carbocycles. The molecule has 1 aliphatic heterocycles. The van der Waals surface area contributed by atoms with E-state index in [0.717, 1.165) is 19.6 Å². The van der Waals surface area contributed by atoms with Crippen LogP contribution < -0.4 is 5.32 Å². The Morgan fingerprint density at radius 2 is 2.00 bits per heavy atom. The molecular formula is C14H25N3S. The predicted octanol–water partition coefficient (Wildman–Crippen LogP) is 1.99. The lowest BCUT2D eigenvalue weighted by molar-refractivity contribution is 0.0365. The van der Waals surface area contributed by atoms with E-state index in [-0.39, 0.29) is 0 Å². The highest BCUT2D eigenvalue weighted by Gasteiger charge is 2.30. The first kappa shape index (κ1) is 14.0. The van der Waals surface area contributed by atoms with Crippen molar-refractivity contribution in [3.05, 3.63) is 21.9 Å². The van der Waals surface area contributed by atoms with Gasteiger partial charge >= 0.3 is 0 Å². The van der Waals surface area contributed by atoms with Crippen molar-refractivity contribution in [3.63, 3.8) is 0 Å². The van der Waals surface area contributed by atoms with Crippen LogP contribution in [0.25, 0.3) is 0 Å². The molecule has 1 saturated heterocycles. The molecule has 1 fully saturated rings. The molecule has 18 heavy (non-hydrogen) atoms. The van der Waals surface area contributed by atoms with Gasteiger partial charge in [-0.2, -0.15) is 0 Å². The molecule has 3 nitrogen and oxygen atoms in total. The summed E-state index contributed by atoms with van der Waals surface area (Å²) in [6, 6.07) is 4.53. The van der Waals surface area contributed by atoms with Crippen molar-refractivity contribution in [2.75, 3.05) is 33.7 Å². The number of rotatable bonds is 4. The molecule has 0 aliphatic carbocycles. The molecule has 0 amide bonds. The Kier molecular flexibility index (Phi) is 4.43. The summed E-state index contributed by atoms with van der Waals surface area (Å²) in [5.74, 6) is 0. The molecule has 0 atom stereocenters. The molecule has 1 aliphatic rings. The van der Waals surface area contributed by atoms with E-state index in [0.29, 0.717) is 5.54 Å². The molecule has 1 aromatic heterocycles. The number of nitrogens with one attached hydrogen (secondary N) is 1. The third-order valence-corrected chi connectivity index (χ3v) is 4.91. The zero-order chi connectivity index (χ0) is 13.2. The third-order valence-electron chi connectivity index (χ3n) is 3.84. The lowest BCUT2D eigenvalue weighted by atomic mass is 10.00. The number of hydrogen-bond acceptors (Lipinski definition) is 4. The van der Waals surface area contributed by atoms with Gasteiger partial charge in [0.1, 0.15) is 0 Å². The van der Waals surface area contributed by atoms with Crippen LogP contribution in [-0.4, -0.2) is 49.1 Å². The lowest BCUT2D eigenvalue weighted by Crippen LogP contribution is -2.57. The second-order valence-electron chi connectivity index (χ2n) is 5.84. The normalized spacial score (nSPS) is 21.3. The molecule has 1 N–H and O–H groups in total. The van der Waals surface area contributed by atoms with Crippen molar-refractivity contribution < 1.29 is 0 Å². The van der Waals surface area contributed by atoms with Gasteiger partial charge in [0, 0.05) is 48.0 Å². The largest absolute Gasteiger partial charge is 0.315 e. The van der Waals surface area contributed by atoms with E-state index in [1.165, 1.54) is 22.8 Å². The summed E-state index contributed by atoms with van der Waals surface area (Å²) in [6.45, 7) is 10.3. The van der Waals surface area contributed by atoms with Crippen LogP contribution in [0.1, 0.15) is 23.6 Å². The standard InChI is InChI=1S/C14H25N3S/c1-14(2)11-17(8-7-16(14)4)10-13-6-5-12(18-13)9-15-3/h5-6,15H,7-11H2,1-4H3. The summed E-state index contributed by atoms with van der Waals surface area (Å²) in [4.78, 5) is 7.96. The van der Waals surface area contributed by atoms with E-state index in [1.54, 1.807) is 0 Å². The molecule has 0 spiro atoms. The Morgan fingerprint density at radius 1 is 1.28 bits per heavy atom. The van der Waals surface area contributed by atoms with Gasteiger partial charge < -0.3 is 5.32 Å². The Bertz CT molecular complexity index is 386. The summed E-state index contributed by atoms with van der Waals surface area (Å²) in [5.41, 5.74) is 0.295. The topological polar surface area (TPSA) is 18.5 Å². The van der Waals surface area contributed by atoms with Crippen LogP contribution in [0.2, 0.25) is 0 Å². The molecule has 2 heterocycles. The maximum Gasteiger partial charge on any atom is 0.0329 e. The average Bonchev–Trinajstić information content (AvgIpc) is 2.71. The van der Waals surface area contributed by atoms with Crippen LogP contribution >= 0.6 is 11.3 Å². The summed E-state index contributed by atoms with van der Waals surface area (Å²) < 4.78 is 0. The van der Waals surface area contributed by atoms with Crippen LogP contribution in [0.15, 0.2) is 12.1 Å². The summed E-state index contributed by atoms with van der Waals surface area (Å²) >= 11 is 1.93. The summed E-state index contributed by atoms with van der Waals surface area (Å²) in [5, 5.41) is 3.21. The highest BCUT2D eigenvalue weighted by molar-refractivity contribution is 7.11. The molecular weight excluding hydrogens is 242 g/mol.